The minimum atomic E-state index is -0.203. The smallest absolute Gasteiger partial charge is 0.137 e. The van der Waals surface area contributed by atoms with Crippen molar-refractivity contribution in [3.8, 4) is 33.4 Å². The monoisotopic (exact) mass is 743 g/mol. The molecule has 0 radical (unpaired) electrons. The Morgan fingerprint density at radius 2 is 0.914 bits per heavy atom. The molecule has 0 unspecified atom stereocenters. The van der Waals surface area contributed by atoms with E-state index in [4.69, 9.17) is 8.83 Å². The van der Waals surface area contributed by atoms with Gasteiger partial charge in [0.25, 0.3) is 0 Å². The highest BCUT2D eigenvalue weighted by molar-refractivity contribution is 6.12. The Morgan fingerprint density at radius 3 is 1.69 bits per heavy atom. The quantitative estimate of drug-likeness (QED) is 0.176. The molecule has 3 heteroatoms. The van der Waals surface area contributed by atoms with Crippen LogP contribution >= 0.6 is 0 Å². The Bertz CT molecular complexity index is 3420. The molecule has 0 amide bonds. The summed E-state index contributed by atoms with van der Waals surface area (Å²) in [5, 5.41) is 7.11. The average molecular weight is 744 g/mol. The molecular weight excluding hydrogens is 707 g/mol. The highest BCUT2D eigenvalue weighted by Crippen LogP contribution is 2.54. The Hall–Kier alpha value is -7.36. The zero-order chi connectivity index (χ0) is 38.5. The van der Waals surface area contributed by atoms with E-state index in [1.54, 1.807) is 0 Å². The van der Waals surface area contributed by atoms with Crippen LogP contribution in [-0.4, -0.2) is 0 Å². The minimum Gasteiger partial charge on any atom is -0.456 e. The van der Waals surface area contributed by atoms with Crippen LogP contribution in [0.15, 0.2) is 197 Å². The van der Waals surface area contributed by atoms with Crippen LogP contribution in [0.1, 0.15) is 25.0 Å². The van der Waals surface area contributed by atoms with Gasteiger partial charge in [0.1, 0.15) is 22.3 Å². The van der Waals surface area contributed by atoms with Crippen LogP contribution in [0.2, 0.25) is 0 Å². The van der Waals surface area contributed by atoms with E-state index < -0.39 is 0 Å². The third kappa shape index (κ3) is 4.86. The lowest BCUT2D eigenvalue weighted by Crippen LogP contribution is -2.15. The maximum Gasteiger partial charge on any atom is 0.137 e. The van der Waals surface area contributed by atoms with E-state index in [0.717, 1.165) is 60.9 Å². The van der Waals surface area contributed by atoms with Gasteiger partial charge in [0.05, 0.1) is 0 Å². The predicted molar refractivity (Wildman–Crippen MR) is 242 cm³/mol. The molecule has 0 atom stereocenters. The maximum atomic E-state index is 6.32. The molecule has 58 heavy (non-hydrogen) atoms. The normalized spacial score (nSPS) is 13.1. The van der Waals surface area contributed by atoms with Crippen molar-refractivity contribution in [2.75, 3.05) is 4.90 Å². The molecule has 9 aromatic carbocycles. The molecule has 2 heterocycles. The molecule has 274 valence electrons. The number of hydrogen-bond donors (Lipinski definition) is 0. The van der Waals surface area contributed by atoms with E-state index in [1.807, 2.05) is 24.3 Å². The summed E-state index contributed by atoms with van der Waals surface area (Å²) in [6.07, 6.45) is 0. The first kappa shape index (κ1) is 32.8. The summed E-state index contributed by atoms with van der Waals surface area (Å²) in [6, 6.07) is 67.7. The summed E-state index contributed by atoms with van der Waals surface area (Å²) in [7, 11) is 0. The molecule has 1 aliphatic rings. The molecule has 0 saturated heterocycles. The molecule has 0 N–H and O–H groups in total. The summed E-state index contributed by atoms with van der Waals surface area (Å²) in [6.45, 7) is 4.76. The van der Waals surface area contributed by atoms with E-state index in [1.165, 1.54) is 55.3 Å². The summed E-state index contributed by atoms with van der Waals surface area (Å²) in [4.78, 5) is 2.30. The van der Waals surface area contributed by atoms with Crippen LogP contribution in [0.4, 0.5) is 17.1 Å². The molecular formula is C55H37NO2. The van der Waals surface area contributed by atoms with Gasteiger partial charge in [-0.15, -0.1) is 0 Å². The summed E-state index contributed by atoms with van der Waals surface area (Å²) in [5.41, 5.74) is 16.9. The molecule has 1 aliphatic carbocycles. The number of fused-ring (bicyclic) bond motifs is 11. The fraction of sp³-hybridized carbons (Fsp3) is 0.0545. The van der Waals surface area contributed by atoms with Crippen molar-refractivity contribution in [2.24, 2.45) is 0 Å². The molecule has 12 rings (SSSR count). The lowest BCUT2D eigenvalue weighted by atomic mass is 9.80. The summed E-state index contributed by atoms with van der Waals surface area (Å²) in [5.74, 6) is 0. The van der Waals surface area contributed by atoms with Crippen molar-refractivity contribution in [3.63, 3.8) is 0 Å². The predicted octanol–water partition coefficient (Wildman–Crippen LogP) is 15.7. The third-order valence-electron chi connectivity index (χ3n) is 12.5. The van der Waals surface area contributed by atoms with Crippen molar-refractivity contribution in [1.82, 2.24) is 0 Å². The van der Waals surface area contributed by atoms with Crippen molar-refractivity contribution in [1.29, 1.82) is 0 Å². The second-order valence-electron chi connectivity index (χ2n) is 16.1. The Kier molecular flexibility index (Phi) is 6.98. The van der Waals surface area contributed by atoms with Gasteiger partial charge in [-0.25, -0.2) is 0 Å². The van der Waals surface area contributed by atoms with E-state index in [2.05, 4.69) is 183 Å². The van der Waals surface area contributed by atoms with Crippen molar-refractivity contribution in [3.05, 3.63) is 199 Å². The van der Waals surface area contributed by atoms with Crippen LogP contribution in [-0.2, 0) is 5.41 Å². The van der Waals surface area contributed by atoms with E-state index in [0.29, 0.717) is 0 Å². The second kappa shape index (κ2) is 12.3. The Labute approximate surface area is 336 Å². The van der Waals surface area contributed by atoms with Gasteiger partial charge in [0.15, 0.2) is 0 Å². The maximum absolute atomic E-state index is 6.32. The standard InChI is InChI=1S/C55H37NO2/c1-55(2)48-31-35(34-20-24-38(25-21-34)56(37-12-4-3-5-13-37)39-26-28-43-41-15-8-10-18-50(41)58-53(43)32-39)22-27-45(48)54-44-17-7-6-14-40(44)46(33-49(54)55)36-23-29-52-47(30-36)42-16-9-11-19-51(42)57-52/h3-33H,1-2H3. The first-order chi connectivity index (χ1) is 28.5. The Morgan fingerprint density at radius 1 is 0.345 bits per heavy atom. The molecule has 3 nitrogen and oxygen atoms in total. The fourth-order valence-electron chi connectivity index (χ4n) is 9.58. The average Bonchev–Trinajstić information content (AvgIpc) is 3.91. The topological polar surface area (TPSA) is 29.5 Å². The first-order valence-electron chi connectivity index (χ1n) is 20.0. The van der Waals surface area contributed by atoms with Crippen LogP contribution in [0.25, 0.3) is 88.0 Å². The second-order valence-corrected chi connectivity index (χ2v) is 16.1. The fourth-order valence-corrected chi connectivity index (χ4v) is 9.58. The molecule has 0 fully saturated rings. The molecule has 0 bridgehead atoms. The van der Waals surface area contributed by atoms with Crippen LogP contribution < -0.4 is 4.90 Å². The van der Waals surface area contributed by atoms with E-state index in [-0.39, 0.29) is 5.41 Å². The van der Waals surface area contributed by atoms with Gasteiger partial charge < -0.3 is 13.7 Å². The minimum absolute atomic E-state index is 0.203. The van der Waals surface area contributed by atoms with Crippen molar-refractivity contribution in [2.45, 2.75) is 19.3 Å². The van der Waals surface area contributed by atoms with Crippen LogP contribution in [0.5, 0.6) is 0 Å². The molecule has 2 aromatic heterocycles. The van der Waals surface area contributed by atoms with Crippen molar-refractivity contribution >= 4 is 71.7 Å². The first-order valence-corrected chi connectivity index (χ1v) is 20.0. The summed E-state index contributed by atoms with van der Waals surface area (Å²) < 4.78 is 12.5. The zero-order valence-electron chi connectivity index (χ0n) is 32.2. The summed E-state index contributed by atoms with van der Waals surface area (Å²) >= 11 is 0. The van der Waals surface area contributed by atoms with Gasteiger partial charge >= 0.3 is 0 Å². The van der Waals surface area contributed by atoms with Gasteiger partial charge in [-0.05, 0) is 128 Å². The van der Waals surface area contributed by atoms with Crippen molar-refractivity contribution < 1.29 is 8.83 Å². The van der Waals surface area contributed by atoms with E-state index >= 15 is 0 Å². The highest BCUT2D eigenvalue weighted by atomic mass is 16.3. The number of furan rings is 2. The Balaban J connectivity index is 0.936. The van der Waals surface area contributed by atoms with Gasteiger partial charge in [0, 0.05) is 50.1 Å². The third-order valence-corrected chi connectivity index (χ3v) is 12.5. The van der Waals surface area contributed by atoms with Crippen LogP contribution in [0, 0.1) is 0 Å². The molecule has 0 spiro atoms. The van der Waals surface area contributed by atoms with Gasteiger partial charge in [-0.3, -0.25) is 0 Å². The number of rotatable bonds is 5. The number of hydrogen-bond acceptors (Lipinski definition) is 3. The lowest BCUT2D eigenvalue weighted by molar-refractivity contribution is 0.661. The SMILES string of the molecule is CC1(C)c2cc(-c3ccc(N(c4ccccc4)c4ccc5c(c4)oc4ccccc45)cc3)ccc2-c2c1cc(-c1ccc3oc4ccccc4c3c1)c1ccccc21. The van der Waals surface area contributed by atoms with Gasteiger partial charge in [-0.1, -0.05) is 123 Å². The molecule has 0 saturated carbocycles. The zero-order valence-corrected chi connectivity index (χ0v) is 32.2. The number of benzene rings is 9. The van der Waals surface area contributed by atoms with Crippen LogP contribution in [0.3, 0.4) is 0 Å². The lowest BCUT2D eigenvalue weighted by Gasteiger charge is -2.26. The highest BCUT2D eigenvalue weighted by Gasteiger charge is 2.37. The molecule has 11 aromatic rings. The van der Waals surface area contributed by atoms with Gasteiger partial charge in [-0.2, -0.15) is 0 Å². The van der Waals surface area contributed by atoms with E-state index in [9.17, 15) is 0 Å². The molecule has 0 aliphatic heterocycles. The van der Waals surface area contributed by atoms with Gasteiger partial charge in [0.2, 0.25) is 0 Å². The largest absolute Gasteiger partial charge is 0.456 e. The number of para-hydroxylation sites is 3. The number of anilines is 3. The number of nitrogens with zero attached hydrogens (tertiary/aromatic N) is 1.